The van der Waals surface area contributed by atoms with E-state index in [0.29, 0.717) is 11.3 Å². The largest absolute Gasteiger partial charge is 0.494 e. The predicted molar refractivity (Wildman–Crippen MR) is 77.0 cm³/mol. The minimum atomic E-state index is -0.424. The Labute approximate surface area is 120 Å². The summed E-state index contributed by atoms with van der Waals surface area (Å²) in [6.07, 6.45) is 0. The molecule has 0 aliphatic rings. The average molecular weight is 295 g/mol. The molecule has 2 nitrogen and oxygen atoms in total. The summed E-state index contributed by atoms with van der Waals surface area (Å²) < 4.78 is 31.2. The first-order valence-electron chi connectivity index (χ1n) is 6.07. The van der Waals surface area contributed by atoms with Crippen molar-refractivity contribution in [3.8, 4) is 5.75 Å². The molecule has 2 N–H and O–H groups in total. The Morgan fingerprint density at radius 3 is 2.45 bits per heavy atom. The summed E-state index contributed by atoms with van der Waals surface area (Å²) in [7, 11) is 1.42. The van der Waals surface area contributed by atoms with Crippen molar-refractivity contribution in [1.82, 2.24) is 0 Å². The van der Waals surface area contributed by atoms with Crippen molar-refractivity contribution in [2.75, 3.05) is 12.9 Å². The molecule has 0 aliphatic carbocycles. The van der Waals surface area contributed by atoms with Gasteiger partial charge in [-0.25, -0.2) is 8.78 Å². The number of thioether (sulfide) groups is 1. The monoisotopic (exact) mass is 295 g/mol. The molecule has 106 valence electrons. The van der Waals surface area contributed by atoms with Crippen LogP contribution in [0.5, 0.6) is 5.75 Å². The molecule has 0 bridgehead atoms. The second-order valence-electron chi connectivity index (χ2n) is 4.27. The molecule has 0 aromatic heterocycles. The Morgan fingerprint density at radius 2 is 1.85 bits per heavy atom. The normalized spacial score (nSPS) is 12.2. The second-order valence-corrected chi connectivity index (χ2v) is 5.36. The van der Waals surface area contributed by atoms with Crippen LogP contribution in [-0.4, -0.2) is 12.9 Å². The molecular formula is C15H15F2NOS. The maximum absolute atomic E-state index is 13.6. The summed E-state index contributed by atoms with van der Waals surface area (Å²) in [5, 5.41) is 0. The Bertz CT molecular complexity index is 575. The van der Waals surface area contributed by atoms with Crippen molar-refractivity contribution in [3.05, 3.63) is 59.7 Å². The molecule has 0 heterocycles. The van der Waals surface area contributed by atoms with Gasteiger partial charge in [0.05, 0.1) is 7.11 Å². The van der Waals surface area contributed by atoms with Crippen LogP contribution < -0.4 is 10.5 Å². The molecule has 2 aromatic rings. The van der Waals surface area contributed by atoms with E-state index in [1.807, 2.05) is 0 Å². The van der Waals surface area contributed by atoms with Crippen LogP contribution in [0, 0.1) is 11.6 Å². The number of nitrogens with two attached hydrogens (primary N) is 1. The van der Waals surface area contributed by atoms with Gasteiger partial charge in [0.15, 0.2) is 11.6 Å². The Hall–Kier alpha value is -1.59. The molecule has 20 heavy (non-hydrogen) atoms. The Kier molecular flexibility index (Phi) is 4.98. The summed E-state index contributed by atoms with van der Waals surface area (Å²) in [5.41, 5.74) is 6.74. The first kappa shape index (κ1) is 14.8. The quantitative estimate of drug-likeness (QED) is 0.853. The average Bonchev–Trinajstić information content (AvgIpc) is 2.46. The van der Waals surface area contributed by atoms with Crippen LogP contribution in [0.25, 0.3) is 0 Å². The van der Waals surface area contributed by atoms with Crippen LogP contribution in [-0.2, 0) is 0 Å². The highest BCUT2D eigenvalue weighted by Gasteiger charge is 2.10. The lowest BCUT2D eigenvalue weighted by Gasteiger charge is -2.13. The second kappa shape index (κ2) is 6.72. The minimum absolute atomic E-state index is 0.201. The summed E-state index contributed by atoms with van der Waals surface area (Å²) in [4.78, 5) is 0.927. The lowest BCUT2D eigenvalue weighted by molar-refractivity contribution is 0.386. The van der Waals surface area contributed by atoms with Gasteiger partial charge in [-0.1, -0.05) is 6.07 Å². The van der Waals surface area contributed by atoms with E-state index in [-0.39, 0.29) is 17.6 Å². The Balaban J connectivity index is 1.99. The summed E-state index contributed by atoms with van der Waals surface area (Å²) in [6.45, 7) is 0. The summed E-state index contributed by atoms with van der Waals surface area (Å²) in [5.74, 6) is 0.0902. The highest BCUT2D eigenvalue weighted by atomic mass is 32.2. The highest BCUT2D eigenvalue weighted by molar-refractivity contribution is 7.99. The highest BCUT2D eigenvalue weighted by Crippen LogP contribution is 2.26. The van der Waals surface area contributed by atoms with Gasteiger partial charge in [-0.3, -0.25) is 0 Å². The van der Waals surface area contributed by atoms with Gasteiger partial charge in [0.2, 0.25) is 0 Å². The van der Waals surface area contributed by atoms with E-state index < -0.39 is 5.82 Å². The predicted octanol–water partition coefficient (Wildman–Crippen LogP) is 3.77. The van der Waals surface area contributed by atoms with Crippen molar-refractivity contribution in [2.24, 2.45) is 5.73 Å². The van der Waals surface area contributed by atoms with Crippen LogP contribution in [0.3, 0.4) is 0 Å². The van der Waals surface area contributed by atoms with Gasteiger partial charge in [0, 0.05) is 16.7 Å². The van der Waals surface area contributed by atoms with Gasteiger partial charge in [-0.2, -0.15) is 0 Å². The van der Waals surface area contributed by atoms with Crippen LogP contribution in [0.4, 0.5) is 8.78 Å². The zero-order valence-corrected chi connectivity index (χ0v) is 11.8. The molecule has 2 aromatic carbocycles. The molecule has 0 spiro atoms. The van der Waals surface area contributed by atoms with Crippen molar-refractivity contribution in [2.45, 2.75) is 10.9 Å². The minimum Gasteiger partial charge on any atom is -0.494 e. The molecule has 1 unspecified atom stereocenters. The molecular weight excluding hydrogens is 280 g/mol. The standard InChI is InChI=1S/C15H15F2NOS/c1-19-15-7-2-10(8-13(15)17)14(18)9-20-12-5-3-11(16)4-6-12/h2-8,14H,9,18H2,1H3. The molecule has 0 amide bonds. The van der Waals surface area contributed by atoms with Crippen LogP contribution >= 0.6 is 11.8 Å². The lowest BCUT2D eigenvalue weighted by atomic mass is 10.1. The van der Waals surface area contributed by atoms with E-state index in [2.05, 4.69) is 0 Å². The van der Waals surface area contributed by atoms with Gasteiger partial charge in [-0.05, 0) is 42.0 Å². The topological polar surface area (TPSA) is 35.2 Å². The van der Waals surface area contributed by atoms with E-state index in [9.17, 15) is 8.78 Å². The first-order chi connectivity index (χ1) is 9.60. The molecule has 2 rings (SSSR count). The van der Waals surface area contributed by atoms with Crippen LogP contribution in [0.2, 0.25) is 0 Å². The van der Waals surface area contributed by atoms with Crippen molar-refractivity contribution >= 4 is 11.8 Å². The number of methoxy groups -OCH3 is 1. The van der Waals surface area contributed by atoms with Crippen LogP contribution in [0.1, 0.15) is 11.6 Å². The van der Waals surface area contributed by atoms with Crippen molar-refractivity contribution in [3.63, 3.8) is 0 Å². The Morgan fingerprint density at radius 1 is 1.15 bits per heavy atom. The molecule has 0 aliphatic heterocycles. The van der Waals surface area contributed by atoms with Gasteiger partial charge < -0.3 is 10.5 Å². The van der Waals surface area contributed by atoms with Crippen molar-refractivity contribution in [1.29, 1.82) is 0 Å². The maximum Gasteiger partial charge on any atom is 0.165 e. The maximum atomic E-state index is 13.6. The SMILES string of the molecule is COc1ccc(C(N)CSc2ccc(F)cc2)cc1F. The first-order valence-corrected chi connectivity index (χ1v) is 7.06. The fourth-order valence-electron chi connectivity index (χ4n) is 1.73. The molecule has 5 heteroatoms. The van der Waals surface area contributed by atoms with Gasteiger partial charge >= 0.3 is 0 Å². The number of ether oxygens (including phenoxy) is 1. The molecule has 0 saturated heterocycles. The number of hydrogen-bond donors (Lipinski definition) is 1. The van der Waals surface area contributed by atoms with Gasteiger partial charge in [0.25, 0.3) is 0 Å². The number of rotatable bonds is 5. The summed E-state index contributed by atoms with van der Waals surface area (Å²) >= 11 is 1.50. The zero-order valence-electron chi connectivity index (χ0n) is 11.0. The third-order valence-electron chi connectivity index (χ3n) is 2.85. The number of hydrogen-bond acceptors (Lipinski definition) is 3. The zero-order chi connectivity index (χ0) is 14.5. The van der Waals surface area contributed by atoms with E-state index in [0.717, 1.165) is 4.90 Å². The molecule has 1 atom stereocenters. The van der Waals surface area contributed by atoms with E-state index in [1.165, 1.54) is 37.1 Å². The third-order valence-corrected chi connectivity index (χ3v) is 3.98. The van der Waals surface area contributed by atoms with E-state index >= 15 is 0 Å². The fraction of sp³-hybridized carbons (Fsp3) is 0.200. The smallest absolute Gasteiger partial charge is 0.165 e. The molecule has 0 radical (unpaired) electrons. The van der Waals surface area contributed by atoms with Crippen LogP contribution in [0.15, 0.2) is 47.4 Å². The third kappa shape index (κ3) is 3.71. The van der Waals surface area contributed by atoms with Gasteiger partial charge in [-0.15, -0.1) is 11.8 Å². The fourth-order valence-corrected chi connectivity index (χ4v) is 2.62. The number of halogens is 2. The van der Waals surface area contributed by atoms with E-state index in [4.69, 9.17) is 10.5 Å². The molecule has 0 saturated carbocycles. The van der Waals surface area contributed by atoms with Gasteiger partial charge in [0.1, 0.15) is 5.82 Å². The van der Waals surface area contributed by atoms with E-state index in [1.54, 1.807) is 24.3 Å². The lowest BCUT2D eigenvalue weighted by Crippen LogP contribution is -2.13. The summed E-state index contributed by atoms with van der Waals surface area (Å²) in [6, 6.07) is 10.6. The number of benzene rings is 2. The molecule has 0 fully saturated rings. The van der Waals surface area contributed by atoms with Crippen molar-refractivity contribution < 1.29 is 13.5 Å².